The van der Waals surface area contributed by atoms with Crippen molar-refractivity contribution in [2.24, 2.45) is 7.05 Å². The lowest BCUT2D eigenvalue weighted by Crippen LogP contribution is -1.88. The maximum atomic E-state index is 5.49. The summed E-state index contributed by atoms with van der Waals surface area (Å²) in [7, 11) is 1.85. The van der Waals surface area contributed by atoms with E-state index in [2.05, 4.69) is 31.2 Å². The number of hydrogen-bond donors (Lipinski definition) is 2. The van der Waals surface area contributed by atoms with Crippen molar-refractivity contribution in [1.82, 2.24) is 20.0 Å². The molecule has 0 saturated heterocycles. The number of rotatable bonds is 1. The van der Waals surface area contributed by atoms with Crippen molar-refractivity contribution in [2.45, 2.75) is 0 Å². The summed E-state index contributed by atoms with van der Waals surface area (Å²) < 4.78 is 2.63. The number of nitrogens with two attached hydrogens (primary N) is 1. The molecule has 0 spiro atoms. The fourth-order valence-electron chi connectivity index (χ4n) is 1.08. The Hall–Kier alpha value is -1.30. The zero-order valence-electron chi connectivity index (χ0n) is 6.95. The highest BCUT2D eigenvalue weighted by atomic mass is 79.9. The van der Waals surface area contributed by atoms with E-state index in [9.17, 15) is 0 Å². The first-order valence-electron chi connectivity index (χ1n) is 3.67. The first-order chi connectivity index (χ1) is 6.18. The molecule has 6 heteroatoms. The predicted octanol–water partition coefficient (Wildman–Crippen LogP) is 1.15. The molecule has 0 bridgehead atoms. The van der Waals surface area contributed by atoms with Crippen LogP contribution in [0, 0.1) is 0 Å². The number of nitrogens with zero attached hydrogens (tertiary/aromatic N) is 3. The average molecular weight is 242 g/mol. The lowest BCUT2D eigenvalue weighted by molar-refractivity contribution is 0.750. The van der Waals surface area contributed by atoms with Gasteiger partial charge in [0.05, 0.1) is 17.5 Å². The van der Waals surface area contributed by atoms with Crippen LogP contribution >= 0.6 is 15.9 Å². The van der Waals surface area contributed by atoms with Crippen molar-refractivity contribution in [3.8, 4) is 11.3 Å². The molecule has 0 aliphatic heterocycles. The first-order valence-corrected chi connectivity index (χ1v) is 4.46. The van der Waals surface area contributed by atoms with Crippen molar-refractivity contribution in [2.75, 3.05) is 5.73 Å². The highest BCUT2D eigenvalue weighted by Crippen LogP contribution is 2.26. The van der Waals surface area contributed by atoms with Crippen molar-refractivity contribution in [3.63, 3.8) is 0 Å². The van der Waals surface area contributed by atoms with Crippen LogP contribution in [-0.4, -0.2) is 20.0 Å². The molecule has 2 aromatic rings. The Morgan fingerprint density at radius 3 is 2.85 bits per heavy atom. The number of aromatic nitrogens is 4. The molecule has 0 amide bonds. The van der Waals surface area contributed by atoms with Gasteiger partial charge < -0.3 is 5.73 Å². The number of anilines is 1. The third-order valence-corrected chi connectivity index (χ3v) is 2.69. The molecule has 0 radical (unpaired) electrons. The van der Waals surface area contributed by atoms with Gasteiger partial charge in [0.2, 0.25) is 0 Å². The van der Waals surface area contributed by atoms with Gasteiger partial charge in [0, 0.05) is 13.1 Å². The molecule has 3 N–H and O–H groups in total. The number of nitrogen functional groups attached to an aromatic ring is 1. The number of aromatic amines is 1. The highest BCUT2D eigenvalue weighted by molar-refractivity contribution is 9.10. The van der Waals surface area contributed by atoms with E-state index in [0.29, 0.717) is 5.82 Å². The van der Waals surface area contributed by atoms with Crippen LogP contribution in [0.1, 0.15) is 0 Å². The monoisotopic (exact) mass is 241 g/mol. The van der Waals surface area contributed by atoms with E-state index in [4.69, 9.17) is 5.73 Å². The molecule has 0 unspecified atom stereocenters. The summed E-state index contributed by atoms with van der Waals surface area (Å²) in [5.41, 5.74) is 7.30. The normalized spacial score (nSPS) is 10.6. The second kappa shape index (κ2) is 2.88. The lowest BCUT2D eigenvalue weighted by Gasteiger charge is -1.93. The first kappa shape index (κ1) is 8.31. The summed E-state index contributed by atoms with van der Waals surface area (Å²) in [4.78, 5) is 0. The van der Waals surface area contributed by atoms with Crippen LogP contribution in [0.2, 0.25) is 0 Å². The second-order valence-corrected chi connectivity index (χ2v) is 3.43. The van der Waals surface area contributed by atoms with Gasteiger partial charge in [-0.25, -0.2) is 0 Å². The molecule has 0 fully saturated rings. The third kappa shape index (κ3) is 1.33. The molecule has 68 valence electrons. The zero-order chi connectivity index (χ0) is 9.42. The van der Waals surface area contributed by atoms with E-state index in [1.807, 2.05) is 7.05 Å². The largest absolute Gasteiger partial charge is 0.382 e. The molecule has 2 heterocycles. The lowest BCUT2D eigenvalue weighted by atomic mass is 10.2. The minimum Gasteiger partial charge on any atom is -0.382 e. The van der Waals surface area contributed by atoms with Gasteiger partial charge in [-0.3, -0.25) is 9.78 Å². The summed E-state index contributed by atoms with van der Waals surface area (Å²) >= 11 is 3.41. The molecule has 0 atom stereocenters. The minimum atomic E-state index is 0.478. The Labute approximate surface area is 83.1 Å². The SMILES string of the molecule is Cn1ncc(-c2cc(N)n[nH]2)c1Br. The van der Waals surface area contributed by atoms with Crippen LogP contribution in [0.25, 0.3) is 11.3 Å². The van der Waals surface area contributed by atoms with Crippen molar-refractivity contribution in [3.05, 3.63) is 16.9 Å². The molecular formula is C7H8BrN5. The van der Waals surface area contributed by atoms with E-state index in [-0.39, 0.29) is 0 Å². The zero-order valence-corrected chi connectivity index (χ0v) is 8.54. The second-order valence-electron chi connectivity index (χ2n) is 2.68. The Balaban J connectivity index is 2.52. The number of halogens is 1. The van der Waals surface area contributed by atoms with Gasteiger partial charge in [-0.1, -0.05) is 0 Å². The Morgan fingerprint density at radius 1 is 1.62 bits per heavy atom. The summed E-state index contributed by atoms with van der Waals surface area (Å²) in [5, 5.41) is 10.7. The number of hydrogen-bond acceptors (Lipinski definition) is 3. The van der Waals surface area contributed by atoms with Crippen molar-refractivity contribution in [1.29, 1.82) is 0 Å². The fraction of sp³-hybridized carbons (Fsp3) is 0.143. The molecular weight excluding hydrogens is 234 g/mol. The van der Waals surface area contributed by atoms with Crippen LogP contribution < -0.4 is 5.73 Å². The van der Waals surface area contributed by atoms with Crippen LogP contribution in [0.5, 0.6) is 0 Å². The summed E-state index contributed by atoms with van der Waals surface area (Å²) in [5.74, 6) is 0.478. The number of H-pyrrole nitrogens is 1. The number of nitrogens with one attached hydrogen (secondary N) is 1. The third-order valence-electron chi connectivity index (χ3n) is 1.75. The van der Waals surface area contributed by atoms with Crippen molar-refractivity contribution >= 4 is 21.7 Å². The molecule has 0 aliphatic carbocycles. The maximum Gasteiger partial charge on any atom is 0.145 e. The standard InChI is InChI=1S/C7H8BrN5/c1-13-7(8)4(3-10-13)5-2-6(9)12-11-5/h2-3H,1H3,(H3,9,11,12). The molecule has 0 aromatic carbocycles. The summed E-state index contributed by atoms with van der Waals surface area (Å²) in [6.45, 7) is 0. The topological polar surface area (TPSA) is 72.5 Å². The van der Waals surface area contributed by atoms with Crippen LogP contribution in [0.15, 0.2) is 16.9 Å². The van der Waals surface area contributed by atoms with Gasteiger partial charge in [-0.05, 0) is 15.9 Å². The van der Waals surface area contributed by atoms with Gasteiger partial charge in [-0.15, -0.1) is 0 Å². The van der Waals surface area contributed by atoms with Crippen LogP contribution in [-0.2, 0) is 7.05 Å². The quantitative estimate of drug-likeness (QED) is 0.787. The molecule has 2 aromatic heterocycles. The molecule has 5 nitrogen and oxygen atoms in total. The average Bonchev–Trinajstić information content (AvgIpc) is 2.62. The van der Waals surface area contributed by atoms with Crippen LogP contribution in [0.4, 0.5) is 5.82 Å². The molecule has 0 saturated carbocycles. The maximum absolute atomic E-state index is 5.49. The molecule has 0 aliphatic rings. The highest BCUT2D eigenvalue weighted by Gasteiger charge is 2.09. The van der Waals surface area contributed by atoms with Gasteiger partial charge >= 0.3 is 0 Å². The predicted molar refractivity (Wildman–Crippen MR) is 52.9 cm³/mol. The molecule has 13 heavy (non-hydrogen) atoms. The van der Waals surface area contributed by atoms with E-state index in [1.165, 1.54) is 0 Å². The molecule has 2 rings (SSSR count). The fourth-order valence-corrected chi connectivity index (χ4v) is 1.49. The van der Waals surface area contributed by atoms with Crippen LogP contribution in [0.3, 0.4) is 0 Å². The Kier molecular flexibility index (Phi) is 1.84. The van der Waals surface area contributed by atoms with E-state index >= 15 is 0 Å². The van der Waals surface area contributed by atoms with Gasteiger partial charge in [0.15, 0.2) is 0 Å². The minimum absolute atomic E-state index is 0.478. The van der Waals surface area contributed by atoms with E-state index in [1.54, 1.807) is 16.9 Å². The summed E-state index contributed by atoms with van der Waals surface area (Å²) in [6, 6.07) is 1.77. The summed E-state index contributed by atoms with van der Waals surface area (Å²) in [6.07, 6.45) is 1.75. The van der Waals surface area contributed by atoms with E-state index in [0.717, 1.165) is 15.9 Å². The Bertz CT molecular complexity index is 430. The van der Waals surface area contributed by atoms with Gasteiger partial charge in [0.1, 0.15) is 10.4 Å². The number of aryl methyl sites for hydroxylation is 1. The van der Waals surface area contributed by atoms with Gasteiger partial charge in [0.25, 0.3) is 0 Å². The van der Waals surface area contributed by atoms with Crippen molar-refractivity contribution < 1.29 is 0 Å². The van der Waals surface area contributed by atoms with Gasteiger partial charge in [-0.2, -0.15) is 10.2 Å². The smallest absolute Gasteiger partial charge is 0.145 e. The van der Waals surface area contributed by atoms with E-state index < -0.39 is 0 Å². The Morgan fingerprint density at radius 2 is 2.38 bits per heavy atom.